The third-order valence-electron chi connectivity index (χ3n) is 5.60. The van der Waals surface area contributed by atoms with E-state index in [2.05, 4.69) is 24.3 Å². The van der Waals surface area contributed by atoms with Crippen LogP contribution in [0.5, 0.6) is 5.75 Å². The van der Waals surface area contributed by atoms with E-state index in [0.29, 0.717) is 31.3 Å². The van der Waals surface area contributed by atoms with E-state index in [9.17, 15) is 9.59 Å². The third kappa shape index (κ3) is 4.46. The summed E-state index contributed by atoms with van der Waals surface area (Å²) in [5, 5.41) is 0. The van der Waals surface area contributed by atoms with Crippen molar-refractivity contribution in [2.24, 2.45) is 0 Å². The van der Waals surface area contributed by atoms with Gasteiger partial charge in [-0.25, -0.2) is 0 Å². The van der Waals surface area contributed by atoms with Crippen LogP contribution in [0.2, 0.25) is 0 Å². The topological polar surface area (TPSA) is 51.5 Å². The molecule has 2 heterocycles. The van der Waals surface area contributed by atoms with Crippen molar-refractivity contribution >= 4 is 5.91 Å². The Kier molecular flexibility index (Phi) is 5.51. The van der Waals surface area contributed by atoms with Gasteiger partial charge in [-0.15, -0.1) is 0 Å². The summed E-state index contributed by atoms with van der Waals surface area (Å²) in [7, 11) is 0. The van der Waals surface area contributed by atoms with Crippen molar-refractivity contribution in [2.75, 3.05) is 13.1 Å². The van der Waals surface area contributed by atoms with Gasteiger partial charge in [0.25, 0.3) is 5.56 Å². The van der Waals surface area contributed by atoms with Gasteiger partial charge in [0.15, 0.2) is 0 Å². The van der Waals surface area contributed by atoms with Gasteiger partial charge in [0.05, 0.1) is 13.1 Å². The highest BCUT2D eigenvalue weighted by Gasteiger charge is 2.32. The molecule has 148 valence electrons. The lowest BCUT2D eigenvalue weighted by Gasteiger charge is -2.39. The minimum Gasteiger partial charge on any atom is -0.486 e. The predicted octanol–water partition coefficient (Wildman–Crippen LogP) is 3.49. The molecule has 0 bridgehead atoms. The molecule has 1 aromatic carbocycles. The number of carbonyl (C=O) groups excluding carboxylic acids is 1. The van der Waals surface area contributed by atoms with E-state index in [1.54, 1.807) is 6.07 Å². The van der Waals surface area contributed by atoms with Gasteiger partial charge in [0.2, 0.25) is 5.91 Å². The first-order valence-electron chi connectivity index (χ1n) is 10.3. The van der Waals surface area contributed by atoms with Crippen molar-refractivity contribution in [3.8, 4) is 5.75 Å². The second kappa shape index (κ2) is 8.21. The minimum atomic E-state index is -0.0103. The fourth-order valence-corrected chi connectivity index (χ4v) is 3.87. The molecule has 0 N–H and O–H groups in total. The molecule has 28 heavy (non-hydrogen) atoms. The van der Waals surface area contributed by atoms with Crippen LogP contribution in [-0.4, -0.2) is 34.6 Å². The molecular weight excluding hydrogens is 352 g/mol. The van der Waals surface area contributed by atoms with E-state index in [-0.39, 0.29) is 17.6 Å². The Balaban J connectivity index is 1.18. The van der Waals surface area contributed by atoms with Crippen LogP contribution in [0.15, 0.2) is 47.3 Å². The molecule has 2 fully saturated rings. The molecule has 1 amide bonds. The van der Waals surface area contributed by atoms with Crippen LogP contribution in [0.4, 0.5) is 0 Å². The molecule has 4 rings (SSSR count). The molecule has 0 unspecified atom stereocenters. The van der Waals surface area contributed by atoms with Gasteiger partial charge in [0, 0.05) is 24.2 Å². The molecule has 0 atom stereocenters. The standard InChI is InChI=1S/C23H28N2O3/c1-17-13-20(14-23(27)25(17)19-11-12-19)28-21-15-24(16-21)22(26)10-6-5-9-18-7-3-2-4-8-18/h2-4,7-8,13-14,19,21H,5-6,9-12,15-16H2,1H3. The quantitative estimate of drug-likeness (QED) is 0.659. The van der Waals surface area contributed by atoms with Crippen LogP contribution in [0, 0.1) is 6.92 Å². The molecule has 0 spiro atoms. The maximum absolute atomic E-state index is 12.3. The number of hydrogen-bond donors (Lipinski definition) is 0. The van der Waals surface area contributed by atoms with Crippen LogP contribution in [0.25, 0.3) is 0 Å². The van der Waals surface area contributed by atoms with Crippen molar-refractivity contribution in [2.45, 2.75) is 57.6 Å². The Morgan fingerprint density at radius 1 is 1.11 bits per heavy atom. The summed E-state index contributed by atoms with van der Waals surface area (Å²) in [5.74, 6) is 0.826. The Labute approximate surface area is 165 Å². The van der Waals surface area contributed by atoms with Crippen molar-refractivity contribution < 1.29 is 9.53 Å². The number of aromatic nitrogens is 1. The highest BCUT2D eigenvalue weighted by Crippen LogP contribution is 2.35. The number of benzene rings is 1. The Hall–Kier alpha value is -2.56. The van der Waals surface area contributed by atoms with Gasteiger partial charge in [0.1, 0.15) is 11.9 Å². The largest absolute Gasteiger partial charge is 0.486 e. The number of amides is 1. The number of pyridine rings is 1. The van der Waals surface area contributed by atoms with Crippen LogP contribution in [-0.2, 0) is 11.2 Å². The van der Waals surface area contributed by atoms with Crippen LogP contribution >= 0.6 is 0 Å². The first kappa shape index (κ1) is 18.8. The lowest BCUT2D eigenvalue weighted by atomic mass is 10.1. The number of nitrogens with zero attached hydrogens (tertiary/aromatic N) is 2. The summed E-state index contributed by atoms with van der Waals surface area (Å²) < 4.78 is 7.78. The number of hydrogen-bond acceptors (Lipinski definition) is 3. The lowest BCUT2D eigenvalue weighted by Crippen LogP contribution is -2.56. The SMILES string of the molecule is Cc1cc(OC2CN(C(=O)CCCCc3ccccc3)C2)cc(=O)n1C1CC1. The molecule has 1 saturated carbocycles. The van der Waals surface area contributed by atoms with Gasteiger partial charge >= 0.3 is 0 Å². The second-order valence-electron chi connectivity index (χ2n) is 8.00. The Bertz CT molecular complexity index is 880. The molecule has 1 aliphatic heterocycles. The summed E-state index contributed by atoms with van der Waals surface area (Å²) >= 11 is 0. The normalized spacial score (nSPS) is 16.7. The number of ether oxygens (including phenoxy) is 1. The van der Waals surface area contributed by atoms with E-state index in [1.807, 2.05) is 28.5 Å². The van der Waals surface area contributed by atoms with Crippen LogP contribution in [0.1, 0.15) is 49.4 Å². The fraction of sp³-hybridized carbons (Fsp3) is 0.478. The third-order valence-corrected chi connectivity index (χ3v) is 5.60. The summed E-state index contributed by atoms with van der Waals surface area (Å²) in [6.45, 7) is 3.18. The molecule has 2 aromatic rings. The number of unbranched alkanes of at least 4 members (excludes halogenated alkanes) is 1. The zero-order valence-corrected chi connectivity index (χ0v) is 16.5. The van der Waals surface area contributed by atoms with Gasteiger partial charge < -0.3 is 14.2 Å². The molecule has 1 aromatic heterocycles. The first-order chi connectivity index (χ1) is 13.6. The maximum Gasteiger partial charge on any atom is 0.254 e. The van der Waals surface area contributed by atoms with E-state index in [4.69, 9.17) is 4.74 Å². The van der Waals surface area contributed by atoms with Crippen molar-refractivity contribution in [1.82, 2.24) is 9.47 Å². The van der Waals surface area contributed by atoms with Gasteiger partial charge in [-0.2, -0.15) is 0 Å². The van der Waals surface area contributed by atoms with E-state index >= 15 is 0 Å². The number of carbonyl (C=O) groups is 1. The summed E-state index contributed by atoms with van der Waals surface area (Å²) in [4.78, 5) is 26.4. The molecule has 0 radical (unpaired) electrons. The lowest BCUT2D eigenvalue weighted by molar-refractivity contribution is -0.140. The maximum atomic E-state index is 12.3. The molecule has 1 saturated heterocycles. The van der Waals surface area contributed by atoms with E-state index in [0.717, 1.165) is 37.8 Å². The van der Waals surface area contributed by atoms with Crippen molar-refractivity contribution in [3.63, 3.8) is 0 Å². The van der Waals surface area contributed by atoms with E-state index < -0.39 is 0 Å². The first-order valence-corrected chi connectivity index (χ1v) is 10.3. The van der Waals surface area contributed by atoms with Gasteiger partial charge in [-0.05, 0) is 50.7 Å². The fourth-order valence-electron chi connectivity index (χ4n) is 3.87. The number of rotatable bonds is 8. The Morgan fingerprint density at radius 2 is 1.86 bits per heavy atom. The molecule has 2 aliphatic rings. The molecule has 5 nitrogen and oxygen atoms in total. The number of aryl methyl sites for hydroxylation is 2. The summed E-state index contributed by atoms with van der Waals surface area (Å²) in [6, 6.07) is 14.3. The zero-order valence-electron chi connectivity index (χ0n) is 16.5. The predicted molar refractivity (Wildman–Crippen MR) is 109 cm³/mol. The molecule has 1 aliphatic carbocycles. The van der Waals surface area contributed by atoms with Crippen molar-refractivity contribution in [1.29, 1.82) is 0 Å². The van der Waals surface area contributed by atoms with Crippen molar-refractivity contribution in [3.05, 3.63) is 64.1 Å². The zero-order chi connectivity index (χ0) is 19.5. The summed E-state index contributed by atoms with van der Waals surface area (Å²) in [6.07, 6.45) is 5.72. The minimum absolute atomic E-state index is 0.0103. The second-order valence-corrected chi connectivity index (χ2v) is 8.00. The monoisotopic (exact) mass is 380 g/mol. The van der Waals surface area contributed by atoms with Crippen LogP contribution < -0.4 is 10.3 Å². The average molecular weight is 380 g/mol. The Morgan fingerprint density at radius 3 is 2.54 bits per heavy atom. The summed E-state index contributed by atoms with van der Waals surface area (Å²) in [5.41, 5.74) is 2.30. The molecular formula is C23H28N2O3. The van der Waals surface area contributed by atoms with Gasteiger partial charge in [-0.1, -0.05) is 30.3 Å². The molecule has 5 heteroatoms. The highest BCUT2D eigenvalue weighted by atomic mass is 16.5. The van der Waals surface area contributed by atoms with Gasteiger partial charge in [-0.3, -0.25) is 9.59 Å². The average Bonchev–Trinajstić information content (AvgIpc) is 3.46. The smallest absolute Gasteiger partial charge is 0.254 e. The van der Waals surface area contributed by atoms with E-state index in [1.165, 1.54) is 5.56 Å². The highest BCUT2D eigenvalue weighted by molar-refractivity contribution is 5.77. The number of likely N-dealkylation sites (tertiary alicyclic amines) is 1. The van der Waals surface area contributed by atoms with Crippen LogP contribution in [0.3, 0.4) is 0 Å².